The molecule has 0 amide bonds. The zero-order valence-electron chi connectivity index (χ0n) is 11.1. The molecule has 2 aromatic rings. The fraction of sp³-hybridized carbons (Fsp3) is 0.462. The molecule has 18 heavy (non-hydrogen) atoms. The first kappa shape index (κ1) is 13.2. The summed E-state index contributed by atoms with van der Waals surface area (Å²) in [7, 11) is 1.93. The first-order chi connectivity index (χ1) is 8.61. The van der Waals surface area contributed by atoms with Gasteiger partial charge in [-0.25, -0.2) is 0 Å². The Morgan fingerprint density at radius 3 is 2.83 bits per heavy atom. The maximum absolute atomic E-state index is 6.25. The van der Waals surface area contributed by atoms with Crippen LogP contribution in [0.1, 0.15) is 23.9 Å². The van der Waals surface area contributed by atoms with E-state index in [1.807, 2.05) is 18.7 Å². The van der Waals surface area contributed by atoms with Crippen molar-refractivity contribution in [3.63, 3.8) is 0 Å². The number of halogens is 1. The van der Waals surface area contributed by atoms with Gasteiger partial charge < -0.3 is 9.88 Å². The molecule has 0 saturated heterocycles. The zero-order chi connectivity index (χ0) is 13.1. The summed E-state index contributed by atoms with van der Waals surface area (Å²) in [5.74, 6) is 0. The predicted molar refractivity (Wildman–Crippen MR) is 73.9 cm³/mol. The van der Waals surface area contributed by atoms with E-state index in [0.29, 0.717) is 0 Å². The van der Waals surface area contributed by atoms with Crippen LogP contribution in [0.2, 0.25) is 5.02 Å². The topological polar surface area (TPSA) is 34.8 Å². The highest BCUT2D eigenvalue weighted by molar-refractivity contribution is 6.31. The molecular weight excluding hydrogens is 248 g/mol. The van der Waals surface area contributed by atoms with Gasteiger partial charge in [0.25, 0.3) is 0 Å². The summed E-state index contributed by atoms with van der Waals surface area (Å²) in [4.78, 5) is 0. The van der Waals surface area contributed by atoms with E-state index in [9.17, 15) is 0 Å². The Morgan fingerprint density at radius 2 is 2.22 bits per heavy atom. The van der Waals surface area contributed by atoms with Crippen LogP contribution >= 0.6 is 11.6 Å². The van der Waals surface area contributed by atoms with Crippen LogP contribution in [0.4, 0.5) is 0 Å². The van der Waals surface area contributed by atoms with E-state index < -0.39 is 0 Å². The Balaban J connectivity index is 2.11. The standard InChI is InChI=1S/C13H19ClN4/c1-4-15-7-11-5-6-18(8-11)9-12-13(14)10(2)16-17(12)3/h5-6,8,15H,4,7,9H2,1-3H3. The average Bonchev–Trinajstić information content (AvgIpc) is 2.88. The molecular formula is C13H19ClN4. The lowest BCUT2D eigenvalue weighted by Crippen LogP contribution is -2.11. The summed E-state index contributed by atoms with van der Waals surface area (Å²) in [6.45, 7) is 6.68. The van der Waals surface area contributed by atoms with Crippen molar-refractivity contribution in [2.24, 2.45) is 7.05 Å². The van der Waals surface area contributed by atoms with E-state index in [2.05, 4.69) is 40.4 Å². The van der Waals surface area contributed by atoms with Gasteiger partial charge in [0, 0.05) is 26.0 Å². The van der Waals surface area contributed by atoms with Gasteiger partial charge in [0.05, 0.1) is 23.0 Å². The maximum atomic E-state index is 6.25. The molecule has 0 aliphatic rings. The van der Waals surface area contributed by atoms with Gasteiger partial charge >= 0.3 is 0 Å². The third-order valence-corrected chi connectivity index (χ3v) is 3.48. The number of hydrogen-bond donors (Lipinski definition) is 1. The van der Waals surface area contributed by atoms with Gasteiger partial charge in [-0.1, -0.05) is 18.5 Å². The van der Waals surface area contributed by atoms with Gasteiger partial charge in [0.2, 0.25) is 0 Å². The van der Waals surface area contributed by atoms with Gasteiger partial charge in [0.15, 0.2) is 0 Å². The van der Waals surface area contributed by atoms with E-state index >= 15 is 0 Å². The van der Waals surface area contributed by atoms with Gasteiger partial charge in [0.1, 0.15) is 0 Å². The maximum Gasteiger partial charge on any atom is 0.0865 e. The number of aromatic nitrogens is 3. The van der Waals surface area contributed by atoms with Crippen LogP contribution in [0.25, 0.3) is 0 Å². The number of hydrogen-bond acceptors (Lipinski definition) is 2. The van der Waals surface area contributed by atoms with Crippen molar-refractivity contribution in [3.05, 3.63) is 40.4 Å². The molecule has 0 atom stereocenters. The van der Waals surface area contributed by atoms with Crippen molar-refractivity contribution in [3.8, 4) is 0 Å². The normalized spacial score (nSPS) is 11.1. The number of nitrogens with one attached hydrogen (secondary N) is 1. The molecule has 1 N–H and O–H groups in total. The molecule has 0 aromatic carbocycles. The Kier molecular flexibility index (Phi) is 4.09. The van der Waals surface area contributed by atoms with Crippen molar-refractivity contribution in [2.75, 3.05) is 6.54 Å². The molecule has 0 aliphatic heterocycles. The summed E-state index contributed by atoms with van der Waals surface area (Å²) in [6.07, 6.45) is 4.21. The third kappa shape index (κ3) is 2.76. The number of nitrogens with zero attached hydrogens (tertiary/aromatic N) is 3. The van der Waals surface area contributed by atoms with Crippen LogP contribution in [-0.2, 0) is 20.1 Å². The highest BCUT2D eigenvalue weighted by Crippen LogP contribution is 2.20. The van der Waals surface area contributed by atoms with Crippen molar-refractivity contribution < 1.29 is 0 Å². The van der Waals surface area contributed by atoms with E-state index in [1.54, 1.807) is 0 Å². The molecule has 0 spiro atoms. The van der Waals surface area contributed by atoms with E-state index in [-0.39, 0.29) is 0 Å². The smallest absolute Gasteiger partial charge is 0.0865 e. The van der Waals surface area contributed by atoms with Crippen molar-refractivity contribution in [2.45, 2.75) is 26.9 Å². The lowest BCUT2D eigenvalue weighted by Gasteiger charge is -2.04. The first-order valence-electron chi connectivity index (χ1n) is 6.15. The minimum absolute atomic E-state index is 0.752. The highest BCUT2D eigenvalue weighted by Gasteiger charge is 2.11. The van der Waals surface area contributed by atoms with Gasteiger partial charge in [-0.3, -0.25) is 4.68 Å². The highest BCUT2D eigenvalue weighted by atomic mass is 35.5. The minimum Gasteiger partial charge on any atom is -0.348 e. The van der Waals surface area contributed by atoms with Crippen LogP contribution in [0.3, 0.4) is 0 Å². The summed E-state index contributed by atoms with van der Waals surface area (Å²) in [5, 5.41) is 8.40. The number of aryl methyl sites for hydroxylation is 2. The summed E-state index contributed by atoms with van der Waals surface area (Å²) >= 11 is 6.25. The molecule has 5 heteroatoms. The lowest BCUT2D eigenvalue weighted by molar-refractivity contribution is 0.662. The average molecular weight is 267 g/mol. The predicted octanol–water partition coefficient (Wildman–Crippen LogP) is 2.34. The molecule has 0 unspecified atom stereocenters. The van der Waals surface area contributed by atoms with Crippen molar-refractivity contribution in [1.82, 2.24) is 19.7 Å². The fourth-order valence-corrected chi connectivity index (χ4v) is 2.21. The summed E-state index contributed by atoms with van der Waals surface area (Å²) in [5.41, 5.74) is 3.21. The lowest BCUT2D eigenvalue weighted by atomic mass is 10.3. The molecule has 0 radical (unpaired) electrons. The largest absolute Gasteiger partial charge is 0.348 e. The van der Waals surface area contributed by atoms with Crippen LogP contribution in [0, 0.1) is 6.92 Å². The first-order valence-corrected chi connectivity index (χ1v) is 6.53. The molecule has 0 saturated carbocycles. The number of rotatable bonds is 5. The summed E-state index contributed by atoms with van der Waals surface area (Å²) < 4.78 is 3.98. The van der Waals surface area contributed by atoms with E-state index in [4.69, 9.17) is 11.6 Å². The van der Waals surface area contributed by atoms with E-state index in [1.165, 1.54) is 5.56 Å². The van der Waals surface area contributed by atoms with Crippen LogP contribution in [-0.4, -0.2) is 20.9 Å². The van der Waals surface area contributed by atoms with Crippen LogP contribution in [0.15, 0.2) is 18.5 Å². The molecule has 0 fully saturated rings. The molecule has 2 aromatic heterocycles. The van der Waals surface area contributed by atoms with Crippen molar-refractivity contribution in [1.29, 1.82) is 0 Å². The van der Waals surface area contributed by atoms with E-state index in [0.717, 1.165) is 36.0 Å². The SMILES string of the molecule is CCNCc1ccn(Cc2c(Cl)c(C)nn2C)c1. The quantitative estimate of drug-likeness (QED) is 0.902. The molecule has 0 bridgehead atoms. The van der Waals surface area contributed by atoms with Crippen LogP contribution < -0.4 is 5.32 Å². The second-order valence-electron chi connectivity index (χ2n) is 4.44. The van der Waals surface area contributed by atoms with Crippen molar-refractivity contribution >= 4 is 11.6 Å². The second-order valence-corrected chi connectivity index (χ2v) is 4.82. The molecule has 0 aliphatic carbocycles. The zero-order valence-corrected chi connectivity index (χ0v) is 11.8. The Morgan fingerprint density at radius 1 is 1.44 bits per heavy atom. The van der Waals surface area contributed by atoms with Gasteiger partial charge in [-0.05, 0) is 25.1 Å². The molecule has 2 heterocycles. The Labute approximate surface area is 113 Å². The Hall–Kier alpha value is -1.26. The minimum atomic E-state index is 0.752. The summed E-state index contributed by atoms with van der Waals surface area (Å²) in [6, 6.07) is 2.12. The third-order valence-electron chi connectivity index (χ3n) is 2.98. The van der Waals surface area contributed by atoms with Crippen LogP contribution in [0.5, 0.6) is 0 Å². The molecule has 4 nitrogen and oxygen atoms in total. The van der Waals surface area contributed by atoms with Gasteiger partial charge in [-0.2, -0.15) is 5.10 Å². The van der Waals surface area contributed by atoms with Gasteiger partial charge in [-0.15, -0.1) is 0 Å². The second kappa shape index (κ2) is 5.59. The Bertz CT molecular complexity index is 527. The monoisotopic (exact) mass is 266 g/mol. The molecule has 2 rings (SSSR count). The fourth-order valence-electron chi connectivity index (χ4n) is 1.99. The molecule has 98 valence electrons.